The van der Waals surface area contributed by atoms with E-state index in [2.05, 4.69) is 10.6 Å². The molecule has 1 aromatic carbocycles. The maximum absolute atomic E-state index is 12.4. The highest BCUT2D eigenvalue weighted by atomic mass is 33.1. The maximum atomic E-state index is 12.4. The monoisotopic (exact) mass is 622 g/mol. The van der Waals surface area contributed by atoms with Crippen molar-refractivity contribution in [3.8, 4) is 0 Å². The molecule has 10 N–H and O–H groups in total. The lowest BCUT2D eigenvalue weighted by Gasteiger charge is -2.42. The van der Waals surface area contributed by atoms with Gasteiger partial charge in [-0.1, -0.05) is 34.1 Å². The van der Waals surface area contributed by atoms with Gasteiger partial charge in [0.2, 0.25) is 5.91 Å². The van der Waals surface area contributed by atoms with Crippen LogP contribution in [0.1, 0.15) is 32.1 Å². The molecule has 2 aliphatic rings. The van der Waals surface area contributed by atoms with Gasteiger partial charge in [-0.25, -0.2) is 0 Å². The summed E-state index contributed by atoms with van der Waals surface area (Å²) in [5.74, 6) is 1.07. The topological polar surface area (TPSA) is 221 Å². The average Bonchev–Trinajstić information content (AvgIpc) is 3.50. The normalized spacial score (nSPS) is 29.5. The number of anilines is 2. The standard InChI is InChI=1S/C26H42N2O11S2/c29-12-17(31)21(33)22(34)18(38-26-25(37)24(36)23(35)19(13-30)39-26)11-27-14-4-3-5-15(10-14)28-20(32)7-2-1-6-16-8-9-40-41-16/h3-5,10,16-19,21-27,29-31,33-37H,1-2,6-9,11-13H2,(H,28,32). The first-order chi connectivity index (χ1) is 19.6. The van der Waals surface area contributed by atoms with Crippen LogP contribution in [0, 0.1) is 0 Å². The van der Waals surface area contributed by atoms with Gasteiger partial charge in [-0.2, -0.15) is 0 Å². The zero-order valence-electron chi connectivity index (χ0n) is 22.6. The van der Waals surface area contributed by atoms with Gasteiger partial charge >= 0.3 is 0 Å². The molecule has 2 saturated heterocycles. The molecule has 3 rings (SSSR count). The molecule has 0 aromatic heterocycles. The van der Waals surface area contributed by atoms with Crippen LogP contribution in [0.4, 0.5) is 11.4 Å². The largest absolute Gasteiger partial charge is 0.394 e. The zero-order chi connectivity index (χ0) is 29.9. The van der Waals surface area contributed by atoms with Crippen LogP contribution in [-0.4, -0.2) is 133 Å². The van der Waals surface area contributed by atoms with E-state index in [1.807, 2.05) is 21.6 Å². The number of carbonyl (C=O) groups is 1. The van der Waals surface area contributed by atoms with Crippen molar-refractivity contribution in [3.63, 3.8) is 0 Å². The van der Waals surface area contributed by atoms with Gasteiger partial charge in [0, 0.05) is 35.3 Å². The smallest absolute Gasteiger partial charge is 0.224 e. The number of unbranched alkanes of at least 4 members (excludes halogenated alkanes) is 1. The van der Waals surface area contributed by atoms with E-state index in [0.717, 1.165) is 19.3 Å². The lowest BCUT2D eigenvalue weighted by Crippen LogP contribution is -2.61. The number of benzene rings is 1. The highest BCUT2D eigenvalue weighted by molar-refractivity contribution is 8.77. The van der Waals surface area contributed by atoms with Crippen LogP contribution in [0.5, 0.6) is 0 Å². The van der Waals surface area contributed by atoms with E-state index in [1.54, 1.807) is 24.3 Å². The maximum Gasteiger partial charge on any atom is 0.224 e. The van der Waals surface area contributed by atoms with E-state index in [1.165, 1.54) is 12.2 Å². The molecule has 2 aliphatic heterocycles. The predicted molar refractivity (Wildman–Crippen MR) is 154 cm³/mol. The Labute approximate surface area is 246 Å². The van der Waals surface area contributed by atoms with Gasteiger partial charge in [-0.05, 0) is 37.5 Å². The number of nitrogens with one attached hydrogen (secondary N) is 2. The summed E-state index contributed by atoms with van der Waals surface area (Å²) in [6.45, 7) is -1.77. The summed E-state index contributed by atoms with van der Waals surface area (Å²) in [6, 6.07) is 6.75. The summed E-state index contributed by atoms with van der Waals surface area (Å²) in [7, 11) is 3.83. The molecule has 234 valence electrons. The molecule has 0 saturated carbocycles. The Morgan fingerprint density at radius 1 is 1.05 bits per heavy atom. The quantitative estimate of drug-likeness (QED) is 0.0790. The van der Waals surface area contributed by atoms with E-state index in [0.29, 0.717) is 23.0 Å². The summed E-state index contributed by atoms with van der Waals surface area (Å²) in [4.78, 5) is 12.4. The van der Waals surface area contributed by atoms with E-state index < -0.39 is 68.3 Å². The number of aliphatic hydroxyl groups excluding tert-OH is 8. The van der Waals surface area contributed by atoms with Crippen molar-refractivity contribution in [2.75, 3.05) is 36.1 Å². The summed E-state index contributed by atoms with van der Waals surface area (Å²) < 4.78 is 11.0. The minimum absolute atomic E-state index is 0.115. The second-order valence-electron chi connectivity index (χ2n) is 10.2. The fourth-order valence-corrected chi connectivity index (χ4v) is 7.56. The van der Waals surface area contributed by atoms with E-state index in [9.17, 15) is 45.6 Å². The summed E-state index contributed by atoms with van der Waals surface area (Å²) in [5.41, 5.74) is 1.04. The molecule has 10 unspecified atom stereocenters. The summed E-state index contributed by atoms with van der Waals surface area (Å²) >= 11 is 0. The van der Waals surface area contributed by atoms with Crippen LogP contribution in [0.15, 0.2) is 24.3 Å². The molecule has 0 bridgehead atoms. The Bertz CT molecular complexity index is 927. The summed E-state index contributed by atoms with van der Waals surface area (Å²) in [5, 5.41) is 86.4. The van der Waals surface area contributed by atoms with Gasteiger partial charge < -0.3 is 61.0 Å². The third-order valence-corrected chi connectivity index (χ3v) is 10.0. The molecule has 1 amide bonds. The van der Waals surface area contributed by atoms with Crippen LogP contribution in [0.3, 0.4) is 0 Å². The van der Waals surface area contributed by atoms with Gasteiger partial charge in [0.1, 0.15) is 48.8 Å². The first-order valence-electron chi connectivity index (χ1n) is 13.7. The number of carbonyl (C=O) groups excluding carboxylic acids is 1. The Balaban J connectivity index is 1.59. The number of amides is 1. The number of hydrogen-bond acceptors (Lipinski definition) is 14. The molecule has 15 heteroatoms. The van der Waals surface area contributed by atoms with Gasteiger partial charge in [0.05, 0.1) is 13.2 Å². The highest BCUT2D eigenvalue weighted by Crippen LogP contribution is 2.39. The fraction of sp³-hybridized carbons (Fsp3) is 0.731. The minimum atomic E-state index is -1.85. The first kappa shape index (κ1) is 34.3. The van der Waals surface area contributed by atoms with Crippen molar-refractivity contribution in [2.24, 2.45) is 0 Å². The second kappa shape index (κ2) is 17.2. The number of rotatable bonds is 16. The predicted octanol–water partition coefficient (Wildman–Crippen LogP) is -0.989. The minimum Gasteiger partial charge on any atom is -0.394 e. The number of aliphatic hydroxyl groups is 8. The lowest BCUT2D eigenvalue weighted by molar-refractivity contribution is -0.318. The zero-order valence-corrected chi connectivity index (χ0v) is 24.2. The Morgan fingerprint density at radius 2 is 1.80 bits per heavy atom. The van der Waals surface area contributed by atoms with Crippen molar-refractivity contribution in [1.29, 1.82) is 0 Å². The van der Waals surface area contributed by atoms with Crippen LogP contribution in [0.2, 0.25) is 0 Å². The van der Waals surface area contributed by atoms with Crippen molar-refractivity contribution < 1.29 is 55.1 Å². The van der Waals surface area contributed by atoms with Crippen LogP contribution in [0.25, 0.3) is 0 Å². The number of ether oxygens (including phenoxy) is 2. The van der Waals surface area contributed by atoms with Crippen molar-refractivity contribution in [1.82, 2.24) is 0 Å². The molecule has 0 spiro atoms. The van der Waals surface area contributed by atoms with Gasteiger partial charge in [-0.15, -0.1) is 0 Å². The molecule has 10 atom stereocenters. The lowest BCUT2D eigenvalue weighted by atomic mass is 9.98. The van der Waals surface area contributed by atoms with Gasteiger partial charge in [-0.3, -0.25) is 4.79 Å². The van der Waals surface area contributed by atoms with E-state index in [4.69, 9.17) is 9.47 Å². The van der Waals surface area contributed by atoms with E-state index in [-0.39, 0.29) is 12.5 Å². The van der Waals surface area contributed by atoms with Crippen molar-refractivity contribution >= 4 is 38.9 Å². The average molecular weight is 623 g/mol. The third-order valence-electron chi connectivity index (χ3n) is 7.03. The van der Waals surface area contributed by atoms with Crippen LogP contribution < -0.4 is 10.6 Å². The second-order valence-corrected chi connectivity index (χ2v) is 13.0. The third kappa shape index (κ3) is 10.2. The Morgan fingerprint density at radius 3 is 2.49 bits per heavy atom. The fourth-order valence-electron chi connectivity index (χ4n) is 4.53. The van der Waals surface area contributed by atoms with Gasteiger partial charge in [0.25, 0.3) is 0 Å². The van der Waals surface area contributed by atoms with Crippen molar-refractivity contribution in [3.05, 3.63) is 24.3 Å². The molecule has 0 radical (unpaired) electrons. The SMILES string of the molecule is O=C(CCCCC1CCSS1)Nc1cccc(NCC(OC2OC(CO)C(O)C(O)C2O)C(O)C(O)C(O)CO)c1. The van der Waals surface area contributed by atoms with Crippen LogP contribution >= 0.6 is 21.6 Å². The highest BCUT2D eigenvalue weighted by Gasteiger charge is 2.46. The molecule has 0 aliphatic carbocycles. The molecule has 2 fully saturated rings. The Hall–Kier alpha value is -1.21. The molecule has 1 aromatic rings. The van der Waals surface area contributed by atoms with Crippen molar-refractivity contribution in [2.45, 2.75) is 92.5 Å². The molecular formula is C26H42N2O11S2. The summed E-state index contributed by atoms with van der Waals surface area (Å²) in [6.07, 6.45) is -10.3. The van der Waals surface area contributed by atoms with Gasteiger partial charge in [0.15, 0.2) is 6.29 Å². The molecule has 2 heterocycles. The van der Waals surface area contributed by atoms with Crippen LogP contribution in [-0.2, 0) is 14.3 Å². The molecule has 13 nitrogen and oxygen atoms in total. The van der Waals surface area contributed by atoms with E-state index >= 15 is 0 Å². The first-order valence-corrected chi connectivity index (χ1v) is 16.1. The molecular weight excluding hydrogens is 580 g/mol. The Kier molecular flexibility index (Phi) is 14.4. The number of hydrogen-bond donors (Lipinski definition) is 10. The molecule has 41 heavy (non-hydrogen) atoms.